The van der Waals surface area contributed by atoms with Crippen molar-refractivity contribution in [2.45, 2.75) is 71.9 Å². The summed E-state index contributed by atoms with van der Waals surface area (Å²) in [5.41, 5.74) is -0.782. The van der Waals surface area contributed by atoms with Crippen LogP contribution in [0.1, 0.15) is 48.0 Å². The molecule has 0 atom stereocenters. The maximum Gasteiger partial charge on any atom is 0.277 e. The highest BCUT2D eigenvalue weighted by Gasteiger charge is 2.45. The zero-order valence-corrected chi connectivity index (χ0v) is 13.1. The van der Waals surface area contributed by atoms with Gasteiger partial charge in [-0.05, 0) is 40.8 Å². The van der Waals surface area contributed by atoms with Gasteiger partial charge in [0.1, 0.15) is 6.07 Å². The summed E-state index contributed by atoms with van der Waals surface area (Å²) in [5.74, 6) is 0. The van der Waals surface area contributed by atoms with Gasteiger partial charge in [0.15, 0.2) is 0 Å². The van der Waals surface area contributed by atoms with Crippen molar-refractivity contribution in [2.24, 2.45) is 10.2 Å². The van der Waals surface area contributed by atoms with Crippen LogP contribution in [-0.2, 0) is 0 Å². The molecule has 0 aromatic heterocycles. The van der Waals surface area contributed by atoms with Gasteiger partial charge in [0.05, 0.1) is 6.17 Å². The molecule has 108 valence electrons. The highest BCUT2D eigenvalue weighted by atomic mass is 15.5. The molecule has 0 aromatic rings. The summed E-state index contributed by atoms with van der Waals surface area (Å²) in [4.78, 5) is 4.85. The first-order chi connectivity index (χ1) is 8.90. The van der Waals surface area contributed by atoms with Crippen LogP contribution in [0.3, 0.4) is 0 Å². The second-order valence-corrected chi connectivity index (χ2v) is 5.66. The lowest BCUT2D eigenvalue weighted by atomic mass is 10.1. The molecule has 0 aliphatic carbocycles. The van der Waals surface area contributed by atoms with Gasteiger partial charge in [-0.25, -0.2) is 0 Å². The third kappa shape index (κ3) is 3.74. The van der Waals surface area contributed by atoms with Gasteiger partial charge in [0.2, 0.25) is 0 Å². The number of rotatable bonds is 8. The predicted molar refractivity (Wildman–Crippen MR) is 76.6 cm³/mol. The van der Waals surface area contributed by atoms with Crippen molar-refractivity contribution in [1.29, 1.82) is 5.26 Å². The molecule has 0 N–H and O–H groups in total. The van der Waals surface area contributed by atoms with E-state index in [9.17, 15) is 5.26 Å². The topological polar surface area (TPSA) is 55.0 Å². The molecule has 0 unspecified atom stereocenters. The molecule has 5 nitrogen and oxygen atoms in total. The van der Waals surface area contributed by atoms with E-state index < -0.39 is 5.66 Å². The monoisotopic (exact) mass is 265 g/mol. The van der Waals surface area contributed by atoms with Crippen molar-refractivity contribution in [3.8, 4) is 6.07 Å². The molecule has 0 bridgehead atoms. The minimum Gasteiger partial charge on any atom is -0.286 e. The van der Waals surface area contributed by atoms with Crippen LogP contribution >= 0.6 is 0 Å². The molecular weight excluding hydrogens is 238 g/mol. The lowest BCUT2D eigenvalue weighted by Crippen LogP contribution is -2.54. The normalized spacial score (nSPS) is 16.9. The average molecular weight is 265 g/mol. The molecule has 1 aliphatic heterocycles. The molecule has 19 heavy (non-hydrogen) atoms. The van der Waals surface area contributed by atoms with Crippen molar-refractivity contribution in [1.82, 2.24) is 9.80 Å². The van der Waals surface area contributed by atoms with Crippen LogP contribution in [0.5, 0.6) is 0 Å². The largest absolute Gasteiger partial charge is 0.286 e. The summed E-state index contributed by atoms with van der Waals surface area (Å²) in [6, 6.07) is 3.12. The van der Waals surface area contributed by atoms with Crippen LogP contribution in [0.25, 0.3) is 0 Å². The summed E-state index contributed by atoms with van der Waals surface area (Å²) in [7, 11) is 0. The Balaban J connectivity index is 2.92. The Morgan fingerprint density at radius 2 is 1.42 bits per heavy atom. The minimum atomic E-state index is -0.782. The Kier molecular flexibility index (Phi) is 5.45. The van der Waals surface area contributed by atoms with E-state index >= 15 is 0 Å². The maximum absolute atomic E-state index is 9.22. The first kappa shape index (κ1) is 16.1. The van der Waals surface area contributed by atoms with Gasteiger partial charge < -0.3 is 0 Å². The van der Waals surface area contributed by atoms with Crippen molar-refractivity contribution in [2.75, 3.05) is 13.1 Å². The molecule has 1 heterocycles. The first-order valence-electron chi connectivity index (χ1n) is 7.27. The van der Waals surface area contributed by atoms with Gasteiger partial charge in [-0.3, -0.25) is 9.80 Å². The summed E-state index contributed by atoms with van der Waals surface area (Å²) < 4.78 is 0. The van der Waals surface area contributed by atoms with E-state index in [1.807, 2.05) is 0 Å². The van der Waals surface area contributed by atoms with Crippen LogP contribution < -0.4 is 0 Å². The first-order valence-corrected chi connectivity index (χ1v) is 7.27. The third-order valence-electron chi connectivity index (χ3n) is 3.81. The molecule has 1 aliphatic rings. The van der Waals surface area contributed by atoms with Gasteiger partial charge >= 0.3 is 0 Å². The van der Waals surface area contributed by atoms with Crippen LogP contribution in [0, 0.1) is 11.3 Å². The fourth-order valence-corrected chi connectivity index (χ4v) is 2.75. The lowest BCUT2D eigenvalue weighted by molar-refractivity contribution is -0.000783. The highest BCUT2D eigenvalue weighted by Crippen LogP contribution is 2.35. The Morgan fingerprint density at radius 1 is 1.00 bits per heavy atom. The molecule has 0 fully saturated rings. The maximum atomic E-state index is 9.22. The average Bonchev–Trinajstić information content (AvgIpc) is 3.10. The van der Waals surface area contributed by atoms with E-state index in [1.165, 1.54) is 0 Å². The van der Waals surface area contributed by atoms with Gasteiger partial charge in [-0.1, -0.05) is 13.8 Å². The summed E-state index contributed by atoms with van der Waals surface area (Å²) >= 11 is 0. The van der Waals surface area contributed by atoms with Crippen molar-refractivity contribution >= 4 is 0 Å². The number of hydrogen-bond donors (Lipinski definition) is 0. The van der Waals surface area contributed by atoms with Gasteiger partial charge in [-0.15, -0.1) is 10.2 Å². The zero-order chi connectivity index (χ0) is 14.6. The Hall–Kier alpha value is -0.990. The molecule has 0 saturated heterocycles. The second kappa shape index (κ2) is 6.44. The number of nitrogens with zero attached hydrogens (tertiary/aromatic N) is 5. The van der Waals surface area contributed by atoms with E-state index in [1.54, 1.807) is 0 Å². The van der Waals surface area contributed by atoms with Crippen molar-refractivity contribution in [3.63, 3.8) is 0 Å². The Bertz CT molecular complexity index is 333. The molecule has 1 rings (SSSR count). The van der Waals surface area contributed by atoms with Crippen LogP contribution in [0.2, 0.25) is 0 Å². The molecule has 0 amide bonds. The molecular formula is C14H27N5. The molecule has 0 saturated carbocycles. The Morgan fingerprint density at radius 3 is 1.63 bits per heavy atom. The minimum absolute atomic E-state index is 0.213. The quantitative estimate of drug-likeness (QED) is 0.634. The zero-order valence-electron chi connectivity index (χ0n) is 13.1. The second-order valence-electron chi connectivity index (χ2n) is 5.66. The van der Waals surface area contributed by atoms with Crippen molar-refractivity contribution in [3.05, 3.63) is 0 Å². The van der Waals surface area contributed by atoms with Gasteiger partial charge in [0.25, 0.3) is 5.66 Å². The SMILES string of the molecule is CCN(C(C)C)C(CC1(C#N)N=N1)N(CC)C(C)C. The van der Waals surface area contributed by atoms with Gasteiger partial charge in [-0.2, -0.15) is 5.26 Å². The summed E-state index contributed by atoms with van der Waals surface area (Å²) in [6.07, 6.45) is 0.881. The molecule has 5 heteroatoms. The third-order valence-corrected chi connectivity index (χ3v) is 3.81. The fraction of sp³-hybridized carbons (Fsp3) is 0.929. The summed E-state index contributed by atoms with van der Waals surface area (Å²) in [6.45, 7) is 15.1. The number of nitriles is 1. The van der Waals surface area contributed by atoms with Crippen molar-refractivity contribution < 1.29 is 0 Å². The van der Waals surface area contributed by atoms with E-state index in [2.05, 4.69) is 67.6 Å². The fourth-order valence-electron chi connectivity index (χ4n) is 2.75. The van der Waals surface area contributed by atoms with Crippen LogP contribution in [0.4, 0.5) is 0 Å². The van der Waals surface area contributed by atoms with Crippen LogP contribution in [-0.4, -0.2) is 46.8 Å². The van der Waals surface area contributed by atoms with E-state index in [4.69, 9.17) is 0 Å². The Labute approximate surface area is 117 Å². The predicted octanol–water partition coefficient (Wildman–Crippen LogP) is 2.85. The highest BCUT2D eigenvalue weighted by molar-refractivity contribution is 5.13. The standard InChI is InChI=1S/C14H27N5/c1-7-18(11(3)4)13(19(8-2)12(5)6)9-14(10-15)16-17-14/h11-13H,7-9H2,1-6H3. The van der Waals surface area contributed by atoms with Crippen LogP contribution in [0.15, 0.2) is 10.2 Å². The summed E-state index contributed by atoms with van der Waals surface area (Å²) in [5, 5.41) is 17.1. The molecule has 0 spiro atoms. The van der Waals surface area contributed by atoms with Gasteiger partial charge in [0, 0.05) is 18.5 Å². The van der Waals surface area contributed by atoms with E-state index in [0.29, 0.717) is 18.5 Å². The lowest BCUT2D eigenvalue weighted by Gasteiger charge is -2.43. The number of hydrogen-bond acceptors (Lipinski definition) is 5. The smallest absolute Gasteiger partial charge is 0.277 e. The van der Waals surface area contributed by atoms with E-state index in [-0.39, 0.29) is 6.17 Å². The molecule has 0 radical (unpaired) electrons. The molecule has 0 aromatic carbocycles. The van der Waals surface area contributed by atoms with E-state index in [0.717, 1.165) is 13.1 Å².